The van der Waals surface area contributed by atoms with Crippen molar-refractivity contribution >= 4 is 11.8 Å². The van der Waals surface area contributed by atoms with Gasteiger partial charge in [0.15, 0.2) is 0 Å². The van der Waals surface area contributed by atoms with Crippen molar-refractivity contribution in [3.8, 4) is 0 Å². The predicted molar refractivity (Wildman–Crippen MR) is 153 cm³/mol. The van der Waals surface area contributed by atoms with Crippen molar-refractivity contribution in [1.82, 2.24) is 10.2 Å². The van der Waals surface area contributed by atoms with Gasteiger partial charge in [-0.2, -0.15) is 0 Å². The number of alkyl halides is 2. The highest BCUT2D eigenvalue weighted by molar-refractivity contribution is 8.07. The standard InChI is InChI=1S/C20H30N2S.C3H8.C2H4F2.2C2H6/c1-15-7-9-18(10-8-15)23-20-16(2)5-4-6-19(20)21-17-11-13-22(3)14-12-17;1-3-2;1-2(3)4;2*1-2/h4,6-7,9-10,15-17,21H,5,8,11-14H2,1-3H3;3H2,1-2H3;2H,1H3;2*1-2H3. The van der Waals surface area contributed by atoms with E-state index in [0.717, 1.165) is 13.3 Å². The number of hydrogen-bond donors (Lipinski definition) is 1. The van der Waals surface area contributed by atoms with Crippen LogP contribution in [0.1, 0.15) is 94.4 Å². The van der Waals surface area contributed by atoms with E-state index in [1.807, 2.05) is 39.5 Å². The average Bonchev–Trinajstić information content (AvgIpc) is 2.82. The molecule has 0 bridgehead atoms. The van der Waals surface area contributed by atoms with Gasteiger partial charge in [-0.25, -0.2) is 8.78 Å². The molecule has 2 nitrogen and oxygen atoms in total. The molecule has 0 aromatic heterocycles. The van der Waals surface area contributed by atoms with Crippen LogP contribution in [0, 0.1) is 11.8 Å². The molecule has 0 aromatic rings. The number of likely N-dealkylation sites (tertiary alicyclic amines) is 1. The predicted octanol–water partition coefficient (Wildman–Crippen LogP) is 9.43. The molecule has 1 aliphatic heterocycles. The molecule has 0 amide bonds. The van der Waals surface area contributed by atoms with Gasteiger partial charge in [-0.15, -0.1) is 0 Å². The van der Waals surface area contributed by atoms with Crippen LogP contribution in [0.5, 0.6) is 0 Å². The monoisotopic (exact) mass is 500 g/mol. The smallest absolute Gasteiger partial charge is 0.235 e. The van der Waals surface area contributed by atoms with Gasteiger partial charge in [-0.05, 0) is 70.7 Å². The number of allylic oxidation sites excluding steroid dienone is 6. The van der Waals surface area contributed by atoms with Gasteiger partial charge in [0, 0.05) is 21.5 Å². The van der Waals surface area contributed by atoms with Crippen molar-refractivity contribution in [3.05, 3.63) is 45.9 Å². The fourth-order valence-corrected chi connectivity index (χ4v) is 4.52. The van der Waals surface area contributed by atoms with Crippen LogP contribution in [0.4, 0.5) is 8.78 Å². The van der Waals surface area contributed by atoms with E-state index in [0.29, 0.717) is 17.9 Å². The molecule has 1 N–H and O–H groups in total. The molecular formula is C29H54F2N2S. The Bertz CT molecular complexity index is 600. The van der Waals surface area contributed by atoms with Gasteiger partial charge in [0.05, 0.1) is 0 Å². The molecule has 3 rings (SSSR count). The molecule has 2 atom stereocenters. The Kier molecular flexibility index (Phi) is 23.1. The van der Waals surface area contributed by atoms with Gasteiger partial charge < -0.3 is 10.2 Å². The van der Waals surface area contributed by atoms with Gasteiger partial charge in [-0.1, -0.05) is 97.9 Å². The second kappa shape index (κ2) is 22.4. The maximum Gasteiger partial charge on any atom is 0.235 e. The summed E-state index contributed by atoms with van der Waals surface area (Å²) in [5, 5.41) is 3.85. The number of nitrogens with one attached hydrogen (secondary N) is 1. The highest BCUT2D eigenvalue weighted by Crippen LogP contribution is 2.39. The molecule has 1 heterocycles. The molecule has 2 aliphatic carbocycles. The van der Waals surface area contributed by atoms with Gasteiger partial charge in [0.1, 0.15) is 0 Å². The third kappa shape index (κ3) is 16.5. The van der Waals surface area contributed by atoms with E-state index in [2.05, 4.69) is 75.3 Å². The topological polar surface area (TPSA) is 15.3 Å². The van der Waals surface area contributed by atoms with Crippen LogP contribution >= 0.6 is 11.8 Å². The van der Waals surface area contributed by atoms with E-state index in [-0.39, 0.29) is 0 Å². The molecule has 1 fully saturated rings. The van der Waals surface area contributed by atoms with Crippen LogP contribution in [0.3, 0.4) is 0 Å². The Morgan fingerprint density at radius 1 is 1.03 bits per heavy atom. The van der Waals surface area contributed by atoms with Crippen molar-refractivity contribution in [1.29, 1.82) is 0 Å². The van der Waals surface area contributed by atoms with Gasteiger partial charge in [-0.3, -0.25) is 0 Å². The zero-order valence-electron chi connectivity index (χ0n) is 23.8. The minimum Gasteiger partial charge on any atom is -0.382 e. The zero-order valence-corrected chi connectivity index (χ0v) is 24.6. The number of nitrogens with zero attached hydrogens (tertiary/aromatic N) is 1. The molecule has 34 heavy (non-hydrogen) atoms. The van der Waals surface area contributed by atoms with Crippen LogP contribution in [0.15, 0.2) is 45.9 Å². The van der Waals surface area contributed by atoms with Crippen LogP contribution in [0.25, 0.3) is 0 Å². The van der Waals surface area contributed by atoms with Crippen molar-refractivity contribution in [2.45, 2.75) is 107 Å². The van der Waals surface area contributed by atoms with E-state index in [9.17, 15) is 8.78 Å². The molecule has 0 radical (unpaired) electrons. The van der Waals surface area contributed by atoms with Gasteiger partial charge in [0.25, 0.3) is 0 Å². The lowest BCUT2D eigenvalue weighted by molar-refractivity contribution is 0.171. The highest BCUT2D eigenvalue weighted by Gasteiger charge is 2.22. The lowest BCUT2D eigenvalue weighted by Gasteiger charge is -2.32. The summed E-state index contributed by atoms with van der Waals surface area (Å²) in [7, 11) is 2.22. The lowest BCUT2D eigenvalue weighted by atomic mass is 9.99. The molecule has 200 valence electrons. The summed E-state index contributed by atoms with van der Waals surface area (Å²) >= 11 is 1.98. The Labute approximate surface area is 215 Å². The third-order valence-corrected chi connectivity index (χ3v) is 6.45. The fraction of sp³-hybridized carbons (Fsp3) is 0.724. The normalized spacial score (nSPS) is 22.1. The molecular weight excluding hydrogens is 446 g/mol. The first-order valence-corrected chi connectivity index (χ1v) is 14.3. The summed E-state index contributed by atoms with van der Waals surface area (Å²) in [4.78, 5) is 5.38. The largest absolute Gasteiger partial charge is 0.382 e. The first-order valence-electron chi connectivity index (χ1n) is 13.5. The zero-order chi connectivity index (χ0) is 26.5. The quantitative estimate of drug-likeness (QED) is 0.414. The maximum atomic E-state index is 10.3. The third-order valence-electron chi connectivity index (χ3n) is 5.07. The van der Waals surface area contributed by atoms with E-state index in [1.165, 1.54) is 54.3 Å². The van der Waals surface area contributed by atoms with Crippen LogP contribution in [-0.2, 0) is 0 Å². The average molecular weight is 501 g/mol. The van der Waals surface area contributed by atoms with Crippen molar-refractivity contribution in [2.24, 2.45) is 11.8 Å². The Morgan fingerprint density at radius 3 is 2.03 bits per heavy atom. The second-order valence-corrected chi connectivity index (χ2v) is 9.66. The number of thioether (sulfide) groups is 1. The molecule has 3 aliphatic rings. The highest BCUT2D eigenvalue weighted by atomic mass is 32.2. The number of piperidine rings is 1. The first-order chi connectivity index (χ1) is 16.3. The van der Waals surface area contributed by atoms with Gasteiger partial charge in [0.2, 0.25) is 6.43 Å². The Hall–Kier alpha value is -1.07. The fourth-order valence-electron chi connectivity index (χ4n) is 3.40. The number of hydrogen-bond acceptors (Lipinski definition) is 3. The maximum absolute atomic E-state index is 10.3. The molecule has 1 saturated heterocycles. The van der Waals surface area contributed by atoms with E-state index >= 15 is 0 Å². The molecule has 0 aromatic carbocycles. The van der Waals surface area contributed by atoms with E-state index in [1.54, 1.807) is 0 Å². The van der Waals surface area contributed by atoms with Crippen molar-refractivity contribution < 1.29 is 8.78 Å². The summed E-state index contributed by atoms with van der Waals surface area (Å²) in [6, 6.07) is 0.627. The van der Waals surface area contributed by atoms with Crippen LogP contribution in [-0.4, -0.2) is 37.5 Å². The summed E-state index contributed by atoms with van der Waals surface area (Å²) in [5.74, 6) is 1.31. The summed E-state index contributed by atoms with van der Waals surface area (Å²) in [6.45, 7) is 20.1. The molecule has 2 unspecified atom stereocenters. The van der Waals surface area contributed by atoms with Gasteiger partial charge >= 0.3 is 0 Å². The van der Waals surface area contributed by atoms with E-state index in [4.69, 9.17) is 0 Å². The minimum absolute atomic E-state index is 0.618. The number of halogens is 2. The van der Waals surface area contributed by atoms with Crippen molar-refractivity contribution in [2.75, 3.05) is 20.1 Å². The van der Waals surface area contributed by atoms with E-state index < -0.39 is 6.43 Å². The lowest BCUT2D eigenvalue weighted by Crippen LogP contribution is -2.40. The Balaban J connectivity index is 0. The summed E-state index contributed by atoms with van der Waals surface area (Å²) < 4.78 is 20.7. The van der Waals surface area contributed by atoms with Crippen LogP contribution in [0.2, 0.25) is 0 Å². The SMILES string of the molecule is CC.CC.CC(F)F.CC1C=CC(SC2=C(NC3CCN(C)CC3)C=CCC2C)=CC1.CCC. The Morgan fingerprint density at radius 2 is 1.56 bits per heavy atom. The molecule has 5 heteroatoms. The van der Waals surface area contributed by atoms with Crippen molar-refractivity contribution in [3.63, 3.8) is 0 Å². The summed E-state index contributed by atoms with van der Waals surface area (Å²) in [6.07, 6.45) is 15.6. The minimum atomic E-state index is -2.17. The summed E-state index contributed by atoms with van der Waals surface area (Å²) in [5.41, 5.74) is 1.37. The number of rotatable bonds is 4. The van der Waals surface area contributed by atoms with Crippen LogP contribution < -0.4 is 5.32 Å². The molecule has 0 saturated carbocycles. The second-order valence-electron chi connectivity index (χ2n) is 8.55. The first kappa shape index (κ1) is 35.1. The molecule has 0 spiro atoms.